The van der Waals surface area contributed by atoms with Crippen molar-refractivity contribution >= 4 is 5.97 Å². The summed E-state index contributed by atoms with van der Waals surface area (Å²) in [5.41, 5.74) is 2.15. The van der Waals surface area contributed by atoms with E-state index in [1.807, 2.05) is 18.2 Å². The molecule has 0 aliphatic heterocycles. The summed E-state index contributed by atoms with van der Waals surface area (Å²) in [6, 6.07) is 10.4. The number of aliphatic carboxylic acids is 1. The molecule has 3 nitrogen and oxygen atoms in total. The Morgan fingerprint density at radius 1 is 1.00 bits per heavy atom. The van der Waals surface area contributed by atoms with E-state index in [4.69, 9.17) is 10.4 Å². The molecule has 0 saturated heterocycles. The van der Waals surface area contributed by atoms with Crippen molar-refractivity contribution in [1.82, 2.24) is 0 Å². The molecule has 0 heterocycles. The Morgan fingerprint density at radius 2 is 1.58 bits per heavy atom. The lowest BCUT2D eigenvalue weighted by Crippen LogP contribution is -2.25. The fraction of sp³-hybridized carbons (Fsp3) is 0.565. The van der Waals surface area contributed by atoms with Crippen molar-refractivity contribution in [3.63, 3.8) is 0 Å². The Bertz CT molecular complexity index is 654. The van der Waals surface area contributed by atoms with Crippen LogP contribution in [-0.4, -0.2) is 11.1 Å². The summed E-state index contributed by atoms with van der Waals surface area (Å²) in [5, 5.41) is 17.6. The van der Waals surface area contributed by atoms with Crippen LogP contribution in [0.15, 0.2) is 36.4 Å². The molecule has 2 aliphatic rings. The van der Waals surface area contributed by atoms with E-state index in [0.717, 1.165) is 23.8 Å². The summed E-state index contributed by atoms with van der Waals surface area (Å²) in [6.07, 6.45) is 14.4. The Morgan fingerprint density at radius 3 is 2.12 bits per heavy atom. The Labute approximate surface area is 156 Å². The molecule has 0 atom stereocenters. The van der Waals surface area contributed by atoms with E-state index in [1.165, 1.54) is 63.0 Å². The van der Waals surface area contributed by atoms with Gasteiger partial charge in [0, 0.05) is 6.08 Å². The van der Waals surface area contributed by atoms with Crippen molar-refractivity contribution in [1.29, 1.82) is 5.26 Å². The summed E-state index contributed by atoms with van der Waals surface area (Å²) >= 11 is 0. The molecule has 0 unspecified atom stereocenters. The van der Waals surface area contributed by atoms with Crippen LogP contribution in [0.1, 0.15) is 74.8 Å². The molecule has 0 radical (unpaired) electrons. The van der Waals surface area contributed by atoms with Crippen molar-refractivity contribution < 1.29 is 9.90 Å². The predicted octanol–water partition coefficient (Wildman–Crippen LogP) is 5.67. The second kappa shape index (κ2) is 9.03. The Kier molecular flexibility index (Phi) is 6.50. The van der Waals surface area contributed by atoms with Crippen LogP contribution < -0.4 is 0 Å². The molecule has 138 valence electrons. The van der Waals surface area contributed by atoms with Crippen LogP contribution in [0.25, 0.3) is 0 Å². The van der Waals surface area contributed by atoms with E-state index in [0.29, 0.717) is 11.8 Å². The van der Waals surface area contributed by atoms with Gasteiger partial charge in [0.25, 0.3) is 0 Å². The summed E-state index contributed by atoms with van der Waals surface area (Å²) < 4.78 is 0. The SMILES string of the molecule is N#Cc1ccc(C2CCC(C3CCC(C/C=C/C(=O)O)CC3)CC2)cc1. The largest absolute Gasteiger partial charge is 0.478 e. The first-order chi connectivity index (χ1) is 12.7. The molecule has 3 heteroatoms. The number of allylic oxidation sites excluding steroid dienone is 1. The smallest absolute Gasteiger partial charge is 0.327 e. The molecule has 0 bridgehead atoms. The minimum absolute atomic E-state index is 0.663. The molecule has 2 fully saturated rings. The molecule has 1 aromatic rings. The highest BCUT2D eigenvalue weighted by Crippen LogP contribution is 2.44. The number of hydrogen-bond acceptors (Lipinski definition) is 2. The minimum atomic E-state index is -0.835. The fourth-order valence-electron chi connectivity index (χ4n) is 5.01. The summed E-state index contributed by atoms with van der Waals surface area (Å²) in [6.45, 7) is 0. The molecule has 3 rings (SSSR count). The lowest BCUT2D eigenvalue weighted by Gasteiger charge is -2.38. The zero-order valence-corrected chi connectivity index (χ0v) is 15.4. The van der Waals surface area contributed by atoms with Gasteiger partial charge in [-0.25, -0.2) is 4.79 Å². The van der Waals surface area contributed by atoms with Gasteiger partial charge < -0.3 is 5.11 Å². The van der Waals surface area contributed by atoms with E-state index in [9.17, 15) is 4.79 Å². The topological polar surface area (TPSA) is 61.1 Å². The number of hydrogen-bond donors (Lipinski definition) is 1. The van der Waals surface area contributed by atoms with Crippen molar-refractivity contribution in [3.8, 4) is 6.07 Å². The molecule has 1 aromatic carbocycles. The van der Waals surface area contributed by atoms with E-state index < -0.39 is 5.97 Å². The van der Waals surface area contributed by atoms with E-state index in [1.54, 1.807) is 0 Å². The van der Waals surface area contributed by atoms with Gasteiger partial charge in [-0.1, -0.05) is 18.2 Å². The van der Waals surface area contributed by atoms with E-state index >= 15 is 0 Å². The number of nitrogens with zero attached hydrogens (tertiary/aromatic N) is 1. The van der Waals surface area contributed by atoms with Gasteiger partial charge in [0.05, 0.1) is 11.6 Å². The molecule has 0 spiro atoms. The second-order valence-corrected chi connectivity index (χ2v) is 8.10. The van der Waals surface area contributed by atoms with Crippen LogP contribution in [0.2, 0.25) is 0 Å². The second-order valence-electron chi connectivity index (χ2n) is 8.10. The third-order valence-electron chi connectivity index (χ3n) is 6.57. The Hall–Kier alpha value is -2.08. The third-order valence-corrected chi connectivity index (χ3v) is 6.57. The maximum Gasteiger partial charge on any atom is 0.327 e. The normalized spacial score (nSPS) is 29.3. The standard InChI is InChI=1S/C23H29NO2/c24-16-18-6-10-20(11-7-18)22-14-12-21(13-15-22)19-8-4-17(5-9-19)2-1-3-23(25)26/h1,3,6-7,10-11,17,19,21-22H,2,4-5,8-9,12-15H2,(H,25,26)/b3-1+. The molecule has 2 aliphatic carbocycles. The summed E-state index contributed by atoms with van der Waals surface area (Å²) in [5.74, 6) is 2.25. The van der Waals surface area contributed by atoms with Crippen LogP contribution in [0.3, 0.4) is 0 Å². The number of nitriles is 1. The van der Waals surface area contributed by atoms with Gasteiger partial charge in [-0.05, 0) is 99.2 Å². The maximum atomic E-state index is 10.6. The minimum Gasteiger partial charge on any atom is -0.478 e. The lowest BCUT2D eigenvalue weighted by molar-refractivity contribution is -0.131. The number of rotatable bonds is 5. The van der Waals surface area contributed by atoms with E-state index in [-0.39, 0.29) is 0 Å². The highest BCUT2D eigenvalue weighted by molar-refractivity contribution is 5.79. The van der Waals surface area contributed by atoms with Gasteiger partial charge >= 0.3 is 5.97 Å². The highest BCUT2D eigenvalue weighted by Gasteiger charge is 2.31. The zero-order valence-electron chi connectivity index (χ0n) is 15.4. The highest BCUT2D eigenvalue weighted by atomic mass is 16.4. The van der Waals surface area contributed by atoms with Crippen molar-refractivity contribution in [3.05, 3.63) is 47.5 Å². The monoisotopic (exact) mass is 351 g/mol. The molecule has 1 N–H and O–H groups in total. The molecule has 2 saturated carbocycles. The predicted molar refractivity (Wildman–Crippen MR) is 103 cm³/mol. The number of carboxylic acids is 1. The molecule has 0 amide bonds. The van der Waals surface area contributed by atoms with Crippen LogP contribution in [0, 0.1) is 29.1 Å². The van der Waals surface area contributed by atoms with Crippen LogP contribution in [-0.2, 0) is 4.79 Å². The van der Waals surface area contributed by atoms with Gasteiger partial charge in [-0.15, -0.1) is 0 Å². The quantitative estimate of drug-likeness (QED) is 0.695. The van der Waals surface area contributed by atoms with Gasteiger partial charge in [0.2, 0.25) is 0 Å². The van der Waals surface area contributed by atoms with Crippen molar-refractivity contribution in [2.75, 3.05) is 0 Å². The van der Waals surface area contributed by atoms with Crippen LogP contribution in [0.4, 0.5) is 0 Å². The first-order valence-electron chi connectivity index (χ1n) is 10.0. The fourth-order valence-corrected chi connectivity index (χ4v) is 5.01. The summed E-state index contributed by atoms with van der Waals surface area (Å²) in [7, 11) is 0. The van der Waals surface area contributed by atoms with Gasteiger partial charge in [0.1, 0.15) is 0 Å². The van der Waals surface area contributed by atoms with Gasteiger partial charge in [-0.3, -0.25) is 0 Å². The first-order valence-corrected chi connectivity index (χ1v) is 10.0. The van der Waals surface area contributed by atoms with Crippen molar-refractivity contribution in [2.45, 2.75) is 63.7 Å². The maximum absolute atomic E-state index is 10.6. The number of carbonyl (C=O) groups is 1. The van der Waals surface area contributed by atoms with E-state index in [2.05, 4.69) is 18.2 Å². The number of benzene rings is 1. The third kappa shape index (κ3) is 4.97. The molecule has 26 heavy (non-hydrogen) atoms. The summed E-state index contributed by atoms with van der Waals surface area (Å²) in [4.78, 5) is 10.6. The average molecular weight is 351 g/mol. The van der Waals surface area contributed by atoms with Gasteiger partial charge in [0.15, 0.2) is 0 Å². The number of carboxylic acid groups (broad SMARTS) is 1. The first kappa shape index (κ1) is 18.7. The average Bonchev–Trinajstić information content (AvgIpc) is 2.68. The zero-order chi connectivity index (χ0) is 18.4. The van der Waals surface area contributed by atoms with Crippen LogP contribution >= 0.6 is 0 Å². The van der Waals surface area contributed by atoms with Crippen molar-refractivity contribution in [2.24, 2.45) is 17.8 Å². The molecular weight excluding hydrogens is 322 g/mol. The molecule has 0 aromatic heterocycles. The molecular formula is C23H29NO2. The van der Waals surface area contributed by atoms with Crippen LogP contribution in [0.5, 0.6) is 0 Å². The van der Waals surface area contributed by atoms with Gasteiger partial charge in [-0.2, -0.15) is 5.26 Å². The Balaban J connectivity index is 1.43. The lowest BCUT2D eigenvalue weighted by atomic mass is 9.68.